The third-order valence-corrected chi connectivity index (χ3v) is 5.38. The third-order valence-electron chi connectivity index (χ3n) is 5.38. The van der Waals surface area contributed by atoms with Crippen LogP contribution in [0.1, 0.15) is 59.9 Å². The van der Waals surface area contributed by atoms with Gasteiger partial charge in [0.15, 0.2) is 0 Å². The fourth-order valence-electron chi connectivity index (χ4n) is 3.56. The van der Waals surface area contributed by atoms with Crippen LogP contribution in [-0.2, 0) is 24.5 Å². The number of nitrogens with zero attached hydrogens (tertiary/aromatic N) is 3. The SMILES string of the molecule is COC(=O)/C(C)=N\N(CC1CC1)c1cccc2c1N(C(=O)OC(C)(C)C)C(=O)C2(C)C. The maximum absolute atomic E-state index is 13.3. The van der Waals surface area contributed by atoms with Gasteiger partial charge in [0.2, 0.25) is 5.91 Å². The number of esters is 1. The van der Waals surface area contributed by atoms with Gasteiger partial charge in [0.05, 0.1) is 23.9 Å². The van der Waals surface area contributed by atoms with Gasteiger partial charge in [-0.05, 0) is 71.9 Å². The van der Waals surface area contributed by atoms with E-state index in [1.807, 2.05) is 12.1 Å². The van der Waals surface area contributed by atoms with Crippen molar-refractivity contribution in [1.82, 2.24) is 0 Å². The lowest BCUT2D eigenvalue weighted by atomic mass is 9.86. The molecule has 2 amide bonds. The van der Waals surface area contributed by atoms with Crippen LogP contribution in [0.25, 0.3) is 0 Å². The number of carbonyl (C=O) groups excluding carboxylic acids is 3. The highest BCUT2D eigenvalue weighted by atomic mass is 16.6. The highest BCUT2D eigenvalue weighted by molar-refractivity contribution is 6.35. The van der Waals surface area contributed by atoms with E-state index in [1.165, 1.54) is 7.11 Å². The Labute approximate surface area is 183 Å². The number of benzene rings is 1. The minimum absolute atomic E-state index is 0.188. The summed E-state index contributed by atoms with van der Waals surface area (Å²) in [7, 11) is 1.30. The molecule has 1 saturated carbocycles. The van der Waals surface area contributed by atoms with E-state index in [4.69, 9.17) is 9.47 Å². The van der Waals surface area contributed by atoms with Crippen LogP contribution in [0.3, 0.4) is 0 Å². The molecule has 1 aliphatic heterocycles. The average molecular weight is 430 g/mol. The quantitative estimate of drug-likeness (QED) is 0.399. The number of methoxy groups -OCH3 is 1. The van der Waals surface area contributed by atoms with Crippen LogP contribution in [0, 0.1) is 5.92 Å². The molecule has 3 rings (SSSR count). The van der Waals surface area contributed by atoms with Crippen molar-refractivity contribution in [2.75, 3.05) is 23.6 Å². The number of carbonyl (C=O) groups is 3. The Morgan fingerprint density at radius 2 is 1.90 bits per heavy atom. The molecule has 1 fully saturated rings. The van der Waals surface area contributed by atoms with Gasteiger partial charge >= 0.3 is 12.1 Å². The number of imide groups is 1. The van der Waals surface area contributed by atoms with Crippen molar-refractivity contribution in [2.45, 2.75) is 65.4 Å². The molecule has 1 aromatic rings. The van der Waals surface area contributed by atoms with Crippen molar-refractivity contribution >= 4 is 35.1 Å². The number of hydrogen-bond acceptors (Lipinski definition) is 7. The van der Waals surface area contributed by atoms with Gasteiger partial charge in [-0.2, -0.15) is 5.10 Å². The molecule has 0 aromatic heterocycles. The van der Waals surface area contributed by atoms with Crippen LogP contribution >= 0.6 is 0 Å². The number of fused-ring (bicyclic) bond motifs is 1. The fraction of sp³-hybridized carbons (Fsp3) is 0.565. The monoisotopic (exact) mass is 429 g/mol. The zero-order valence-electron chi connectivity index (χ0n) is 19.3. The van der Waals surface area contributed by atoms with Gasteiger partial charge in [-0.15, -0.1) is 0 Å². The molecular weight excluding hydrogens is 398 g/mol. The molecule has 0 spiro atoms. The van der Waals surface area contributed by atoms with Crippen molar-refractivity contribution in [1.29, 1.82) is 0 Å². The molecule has 0 bridgehead atoms. The fourth-order valence-corrected chi connectivity index (χ4v) is 3.56. The number of ether oxygens (including phenoxy) is 2. The molecule has 168 valence electrons. The lowest BCUT2D eigenvalue weighted by molar-refractivity contribution is -0.132. The molecule has 1 heterocycles. The Balaban J connectivity index is 2.14. The summed E-state index contributed by atoms with van der Waals surface area (Å²) in [6.07, 6.45) is 1.41. The second-order valence-corrected chi connectivity index (χ2v) is 9.62. The second-order valence-electron chi connectivity index (χ2n) is 9.62. The summed E-state index contributed by atoms with van der Waals surface area (Å²) in [6, 6.07) is 5.49. The van der Waals surface area contributed by atoms with Crippen LogP contribution < -0.4 is 9.91 Å². The maximum atomic E-state index is 13.3. The zero-order valence-corrected chi connectivity index (χ0v) is 19.3. The number of hydrazone groups is 1. The predicted octanol–water partition coefficient (Wildman–Crippen LogP) is 4.01. The van der Waals surface area contributed by atoms with Gasteiger partial charge in [0.25, 0.3) is 0 Å². The lowest BCUT2D eigenvalue weighted by Gasteiger charge is -2.27. The summed E-state index contributed by atoms with van der Waals surface area (Å²) >= 11 is 0. The van der Waals surface area contributed by atoms with E-state index in [0.717, 1.165) is 17.7 Å². The van der Waals surface area contributed by atoms with Gasteiger partial charge < -0.3 is 9.47 Å². The number of rotatable bonds is 5. The van der Waals surface area contributed by atoms with E-state index < -0.39 is 23.1 Å². The number of para-hydroxylation sites is 1. The van der Waals surface area contributed by atoms with E-state index in [1.54, 1.807) is 52.6 Å². The first-order valence-corrected chi connectivity index (χ1v) is 10.5. The van der Waals surface area contributed by atoms with E-state index >= 15 is 0 Å². The zero-order chi connectivity index (χ0) is 23.1. The predicted molar refractivity (Wildman–Crippen MR) is 118 cm³/mol. The molecule has 1 aromatic carbocycles. The van der Waals surface area contributed by atoms with Crippen LogP contribution in [0.15, 0.2) is 23.3 Å². The number of hydrogen-bond donors (Lipinski definition) is 0. The second kappa shape index (κ2) is 7.98. The highest BCUT2D eigenvalue weighted by Crippen LogP contribution is 2.48. The molecule has 8 heteroatoms. The van der Waals surface area contributed by atoms with Crippen LogP contribution in [0.2, 0.25) is 0 Å². The van der Waals surface area contributed by atoms with E-state index in [-0.39, 0.29) is 11.6 Å². The van der Waals surface area contributed by atoms with Gasteiger partial charge in [-0.3, -0.25) is 9.80 Å². The normalized spacial score (nSPS) is 18.0. The van der Waals surface area contributed by atoms with Gasteiger partial charge in [-0.1, -0.05) is 12.1 Å². The molecule has 31 heavy (non-hydrogen) atoms. The summed E-state index contributed by atoms with van der Waals surface area (Å²) in [6.45, 7) is 11.0. The topological polar surface area (TPSA) is 88.5 Å². The standard InChI is InChI=1S/C23H31N3O5/c1-14(19(27)30-7)24-25(13-15-11-12-15)17-10-8-9-16-18(17)26(20(28)23(16,5)6)21(29)31-22(2,3)4/h8-10,15H,11-13H2,1-7H3/b24-14-. The van der Waals surface area contributed by atoms with Gasteiger partial charge in [0.1, 0.15) is 11.3 Å². The van der Waals surface area contributed by atoms with Crippen molar-refractivity contribution in [2.24, 2.45) is 11.0 Å². The van der Waals surface area contributed by atoms with E-state index in [0.29, 0.717) is 29.4 Å². The van der Waals surface area contributed by atoms with Crippen LogP contribution in [0.5, 0.6) is 0 Å². The Hall–Kier alpha value is -2.90. The van der Waals surface area contributed by atoms with Crippen LogP contribution in [0.4, 0.5) is 16.2 Å². The maximum Gasteiger partial charge on any atom is 0.421 e. The molecule has 0 saturated heterocycles. The lowest BCUT2D eigenvalue weighted by Crippen LogP contribution is -2.43. The Morgan fingerprint density at radius 1 is 1.26 bits per heavy atom. The Bertz CT molecular complexity index is 941. The first-order chi connectivity index (χ1) is 14.4. The minimum Gasteiger partial charge on any atom is -0.464 e. The Kier molecular flexibility index (Phi) is 5.86. The molecule has 0 radical (unpaired) electrons. The largest absolute Gasteiger partial charge is 0.464 e. The van der Waals surface area contributed by atoms with E-state index in [2.05, 4.69) is 5.10 Å². The molecule has 0 atom stereocenters. The van der Waals surface area contributed by atoms with Gasteiger partial charge in [-0.25, -0.2) is 14.5 Å². The van der Waals surface area contributed by atoms with E-state index in [9.17, 15) is 14.4 Å². The Morgan fingerprint density at radius 3 is 2.45 bits per heavy atom. The van der Waals surface area contributed by atoms with Crippen molar-refractivity contribution in [3.05, 3.63) is 23.8 Å². The highest BCUT2D eigenvalue weighted by Gasteiger charge is 2.50. The molecule has 0 N–H and O–H groups in total. The first kappa shape index (κ1) is 22.8. The first-order valence-electron chi connectivity index (χ1n) is 10.5. The summed E-state index contributed by atoms with van der Waals surface area (Å²) < 4.78 is 10.3. The summed E-state index contributed by atoms with van der Waals surface area (Å²) in [4.78, 5) is 39.4. The third kappa shape index (κ3) is 4.57. The van der Waals surface area contributed by atoms with Crippen molar-refractivity contribution < 1.29 is 23.9 Å². The summed E-state index contributed by atoms with van der Waals surface area (Å²) in [5.41, 5.74) is 0.271. The minimum atomic E-state index is -0.908. The molecule has 2 aliphatic rings. The summed E-state index contributed by atoms with van der Waals surface area (Å²) in [5.74, 6) is -0.455. The molecular formula is C23H31N3O5. The van der Waals surface area contributed by atoms with Gasteiger partial charge in [0, 0.05) is 6.54 Å². The van der Waals surface area contributed by atoms with Crippen LogP contribution in [-0.4, -0.2) is 42.9 Å². The number of anilines is 2. The average Bonchev–Trinajstić information content (AvgIpc) is 3.46. The molecule has 0 unspecified atom stereocenters. The smallest absolute Gasteiger partial charge is 0.421 e. The number of amides is 2. The van der Waals surface area contributed by atoms with Crippen molar-refractivity contribution in [3.8, 4) is 0 Å². The van der Waals surface area contributed by atoms with Crippen molar-refractivity contribution in [3.63, 3.8) is 0 Å². The molecule has 8 nitrogen and oxygen atoms in total. The summed E-state index contributed by atoms with van der Waals surface area (Å²) in [5, 5.41) is 6.20. The molecule has 1 aliphatic carbocycles.